The summed E-state index contributed by atoms with van der Waals surface area (Å²) < 4.78 is 0. The van der Waals surface area contributed by atoms with Crippen molar-refractivity contribution in [1.29, 1.82) is 0 Å². The summed E-state index contributed by atoms with van der Waals surface area (Å²) in [5.74, 6) is 0.578. The van der Waals surface area contributed by atoms with Crippen LogP contribution in [0.4, 0.5) is 5.69 Å². The molecule has 0 fully saturated rings. The molecule has 0 aromatic heterocycles. The first-order valence-electron chi connectivity index (χ1n) is 5.53. The van der Waals surface area contributed by atoms with Crippen LogP contribution < -0.4 is 5.32 Å². The Morgan fingerprint density at radius 3 is 2.53 bits per heavy atom. The van der Waals surface area contributed by atoms with Crippen molar-refractivity contribution >= 4 is 5.69 Å². The van der Waals surface area contributed by atoms with E-state index in [0.717, 1.165) is 5.70 Å². The van der Waals surface area contributed by atoms with Crippen molar-refractivity contribution in [3.8, 4) is 0 Å². The van der Waals surface area contributed by atoms with E-state index in [9.17, 15) is 0 Å². The lowest BCUT2D eigenvalue weighted by molar-refractivity contribution is 0.656. The molecule has 0 atom stereocenters. The van der Waals surface area contributed by atoms with Gasteiger partial charge in [0.25, 0.3) is 0 Å². The first-order chi connectivity index (χ1) is 6.93. The molecule has 15 heavy (non-hydrogen) atoms. The van der Waals surface area contributed by atoms with Crippen LogP contribution in [0.3, 0.4) is 0 Å². The lowest BCUT2D eigenvalue weighted by Crippen LogP contribution is -2.15. The summed E-state index contributed by atoms with van der Waals surface area (Å²) in [6, 6.07) is 6.71. The molecular weight excluding hydrogens is 182 g/mol. The minimum Gasteiger partial charge on any atom is -0.358 e. The number of hydrogen-bond donors (Lipinski definition) is 1. The molecule has 0 unspecified atom stereocenters. The van der Waals surface area contributed by atoms with Crippen LogP contribution in [0, 0.1) is 0 Å². The van der Waals surface area contributed by atoms with Gasteiger partial charge in [-0.15, -0.1) is 0 Å². The normalized spacial score (nSPS) is 17.8. The highest BCUT2D eigenvalue weighted by molar-refractivity contribution is 5.68. The zero-order valence-electron chi connectivity index (χ0n) is 10.0. The predicted octanol–water partition coefficient (Wildman–Crippen LogP) is 4.03. The van der Waals surface area contributed by atoms with E-state index in [-0.39, 0.29) is 5.41 Å². The molecule has 0 saturated heterocycles. The summed E-state index contributed by atoms with van der Waals surface area (Å²) in [5.41, 5.74) is 5.13. The van der Waals surface area contributed by atoms with Gasteiger partial charge in [-0.05, 0) is 23.1 Å². The van der Waals surface area contributed by atoms with Gasteiger partial charge < -0.3 is 5.32 Å². The fourth-order valence-electron chi connectivity index (χ4n) is 2.05. The summed E-state index contributed by atoms with van der Waals surface area (Å²) in [4.78, 5) is 0. The molecule has 0 aliphatic carbocycles. The summed E-state index contributed by atoms with van der Waals surface area (Å²) >= 11 is 0. The third-order valence-corrected chi connectivity index (χ3v) is 3.42. The maximum absolute atomic E-state index is 4.09. The van der Waals surface area contributed by atoms with Gasteiger partial charge in [-0.2, -0.15) is 0 Å². The lowest BCUT2D eigenvalue weighted by atomic mass is 9.84. The van der Waals surface area contributed by atoms with Gasteiger partial charge in [0, 0.05) is 16.8 Å². The van der Waals surface area contributed by atoms with E-state index < -0.39 is 0 Å². The number of nitrogens with one attached hydrogen (secondary N) is 1. The van der Waals surface area contributed by atoms with Crippen LogP contribution in [0.2, 0.25) is 0 Å². The molecule has 2 rings (SSSR count). The summed E-state index contributed by atoms with van der Waals surface area (Å²) in [6.07, 6.45) is 0. The van der Waals surface area contributed by atoms with Crippen molar-refractivity contribution in [1.82, 2.24) is 0 Å². The standard InChI is InChI=1S/C14H19N/c1-9(2)11-6-7-12-13(8-11)15-10(3)14(12,4)5/h6-9,15H,3H2,1-2,4-5H3. The van der Waals surface area contributed by atoms with Crippen LogP contribution >= 0.6 is 0 Å². The van der Waals surface area contributed by atoms with E-state index in [0.29, 0.717) is 5.92 Å². The molecule has 0 amide bonds. The number of benzene rings is 1. The van der Waals surface area contributed by atoms with E-state index >= 15 is 0 Å². The van der Waals surface area contributed by atoms with E-state index in [2.05, 4.69) is 57.8 Å². The Kier molecular flexibility index (Phi) is 2.14. The number of rotatable bonds is 1. The first kappa shape index (κ1) is 10.3. The minimum atomic E-state index is 0.0604. The molecule has 1 heteroatoms. The molecule has 1 nitrogen and oxygen atoms in total. The zero-order chi connectivity index (χ0) is 11.2. The second-order valence-electron chi connectivity index (χ2n) is 5.19. The van der Waals surface area contributed by atoms with E-state index in [1.807, 2.05) is 0 Å². The van der Waals surface area contributed by atoms with Gasteiger partial charge >= 0.3 is 0 Å². The average Bonchev–Trinajstić information content (AvgIpc) is 2.38. The SMILES string of the molecule is C=C1Nc2cc(C(C)C)ccc2C1(C)C. The Balaban J connectivity index is 2.51. The smallest absolute Gasteiger partial charge is 0.0426 e. The van der Waals surface area contributed by atoms with Gasteiger partial charge in [-0.1, -0.05) is 46.4 Å². The van der Waals surface area contributed by atoms with Gasteiger partial charge in [-0.25, -0.2) is 0 Å². The van der Waals surface area contributed by atoms with Crippen molar-refractivity contribution in [2.24, 2.45) is 0 Å². The molecule has 1 N–H and O–H groups in total. The Hall–Kier alpha value is -1.24. The van der Waals surface area contributed by atoms with E-state index in [1.165, 1.54) is 16.8 Å². The quantitative estimate of drug-likeness (QED) is 0.723. The molecule has 80 valence electrons. The summed E-state index contributed by atoms with van der Waals surface area (Å²) in [5, 5.41) is 3.39. The van der Waals surface area contributed by atoms with Crippen molar-refractivity contribution < 1.29 is 0 Å². The van der Waals surface area contributed by atoms with Crippen LogP contribution in [0.15, 0.2) is 30.5 Å². The van der Waals surface area contributed by atoms with Crippen LogP contribution in [0.25, 0.3) is 0 Å². The molecule has 0 saturated carbocycles. The van der Waals surface area contributed by atoms with Gasteiger partial charge in [0.1, 0.15) is 0 Å². The van der Waals surface area contributed by atoms with Gasteiger partial charge in [0.05, 0.1) is 0 Å². The van der Waals surface area contributed by atoms with Crippen molar-refractivity contribution in [2.45, 2.75) is 39.0 Å². The Morgan fingerprint density at radius 1 is 1.27 bits per heavy atom. The molecule has 1 aliphatic heterocycles. The minimum absolute atomic E-state index is 0.0604. The Labute approximate surface area is 92.2 Å². The first-order valence-corrected chi connectivity index (χ1v) is 5.53. The predicted molar refractivity (Wildman–Crippen MR) is 66.3 cm³/mol. The molecule has 1 heterocycles. The average molecular weight is 201 g/mol. The molecule has 0 spiro atoms. The highest BCUT2D eigenvalue weighted by atomic mass is 14.9. The van der Waals surface area contributed by atoms with Crippen LogP contribution in [0.1, 0.15) is 44.7 Å². The molecular formula is C14H19N. The van der Waals surface area contributed by atoms with Crippen LogP contribution in [-0.4, -0.2) is 0 Å². The largest absolute Gasteiger partial charge is 0.358 e. The molecule has 1 aromatic carbocycles. The molecule has 1 aliphatic rings. The van der Waals surface area contributed by atoms with Crippen molar-refractivity contribution in [3.63, 3.8) is 0 Å². The van der Waals surface area contributed by atoms with E-state index in [1.54, 1.807) is 0 Å². The number of anilines is 1. The molecule has 0 bridgehead atoms. The maximum Gasteiger partial charge on any atom is 0.0426 e. The Bertz CT molecular complexity index is 413. The zero-order valence-corrected chi connectivity index (χ0v) is 10.0. The topological polar surface area (TPSA) is 12.0 Å². The van der Waals surface area contributed by atoms with Gasteiger partial charge in [0.15, 0.2) is 0 Å². The fourth-order valence-corrected chi connectivity index (χ4v) is 2.05. The second kappa shape index (κ2) is 3.13. The van der Waals surface area contributed by atoms with Gasteiger partial charge in [0.2, 0.25) is 0 Å². The number of fused-ring (bicyclic) bond motifs is 1. The fraction of sp³-hybridized carbons (Fsp3) is 0.429. The van der Waals surface area contributed by atoms with Crippen molar-refractivity contribution in [3.05, 3.63) is 41.6 Å². The lowest BCUT2D eigenvalue weighted by Gasteiger charge is -2.19. The highest BCUT2D eigenvalue weighted by Gasteiger charge is 2.33. The summed E-state index contributed by atoms with van der Waals surface area (Å²) in [6.45, 7) is 12.9. The van der Waals surface area contributed by atoms with E-state index in [4.69, 9.17) is 0 Å². The molecule has 1 aromatic rings. The maximum atomic E-state index is 4.09. The van der Waals surface area contributed by atoms with Crippen LogP contribution in [0.5, 0.6) is 0 Å². The monoisotopic (exact) mass is 201 g/mol. The third kappa shape index (κ3) is 1.46. The Morgan fingerprint density at radius 2 is 1.93 bits per heavy atom. The third-order valence-electron chi connectivity index (χ3n) is 3.42. The second-order valence-corrected chi connectivity index (χ2v) is 5.19. The number of hydrogen-bond acceptors (Lipinski definition) is 1. The number of allylic oxidation sites excluding steroid dienone is 1. The van der Waals surface area contributed by atoms with Gasteiger partial charge in [-0.3, -0.25) is 0 Å². The van der Waals surface area contributed by atoms with Crippen LogP contribution in [-0.2, 0) is 5.41 Å². The van der Waals surface area contributed by atoms with Crippen molar-refractivity contribution in [2.75, 3.05) is 5.32 Å². The molecule has 0 radical (unpaired) electrons. The summed E-state index contributed by atoms with van der Waals surface area (Å²) in [7, 11) is 0. The highest BCUT2D eigenvalue weighted by Crippen LogP contribution is 2.43.